The third-order valence-electron chi connectivity index (χ3n) is 7.49. The Kier molecular flexibility index (Phi) is 8.70. The molecule has 9 nitrogen and oxygen atoms in total. The maximum Gasteiger partial charge on any atom is 0.306 e. The zero-order valence-electron chi connectivity index (χ0n) is 23.8. The summed E-state index contributed by atoms with van der Waals surface area (Å²) in [6.07, 6.45) is 1.38. The second kappa shape index (κ2) is 11.9. The molecule has 10 heteroatoms. The summed E-state index contributed by atoms with van der Waals surface area (Å²) in [5.41, 5.74) is 0.761. The lowest BCUT2D eigenvalue weighted by Crippen LogP contribution is -2.47. The van der Waals surface area contributed by atoms with Crippen LogP contribution in [0, 0.1) is 5.82 Å². The molecule has 0 aliphatic carbocycles. The first-order valence-corrected chi connectivity index (χ1v) is 13.7. The van der Waals surface area contributed by atoms with Gasteiger partial charge in [-0.05, 0) is 57.1 Å². The van der Waals surface area contributed by atoms with Crippen LogP contribution in [0.2, 0.25) is 0 Å². The number of carbonyl (C=O) groups excluding carboxylic acids is 2. The van der Waals surface area contributed by atoms with Gasteiger partial charge in [-0.25, -0.2) is 9.37 Å². The smallest absolute Gasteiger partial charge is 0.306 e. The number of aryl methyl sites for hydroxylation is 1. The molecule has 1 aromatic carbocycles. The largest absolute Gasteiger partial charge is 0.461 e. The molecule has 2 N–H and O–H groups in total. The number of likely N-dealkylation sites (N-methyl/N-ethyl adjacent to an activating group) is 1. The molecule has 3 heterocycles. The van der Waals surface area contributed by atoms with E-state index in [0.29, 0.717) is 42.8 Å². The number of nitrogens with one attached hydrogen (secondary N) is 1. The van der Waals surface area contributed by atoms with Crippen molar-refractivity contribution < 1.29 is 23.8 Å². The van der Waals surface area contributed by atoms with Crippen LogP contribution in [0.25, 0.3) is 22.3 Å². The van der Waals surface area contributed by atoms with Crippen LogP contribution in [0.1, 0.15) is 62.3 Å². The third kappa shape index (κ3) is 5.38. The van der Waals surface area contributed by atoms with Crippen molar-refractivity contribution >= 4 is 22.8 Å². The van der Waals surface area contributed by atoms with Gasteiger partial charge < -0.3 is 24.6 Å². The van der Waals surface area contributed by atoms with Crippen molar-refractivity contribution in [3.8, 4) is 11.4 Å². The fourth-order valence-corrected chi connectivity index (χ4v) is 5.28. The molecule has 2 aromatic heterocycles. The van der Waals surface area contributed by atoms with E-state index in [9.17, 15) is 23.9 Å². The Morgan fingerprint density at radius 2 is 1.95 bits per heavy atom. The molecular formula is C30H37FN4O5. The third-order valence-corrected chi connectivity index (χ3v) is 7.49. The summed E-state index contributed by atoms with van der Waals surface area (Å²) in [4.78, 5) is 46.2. The summed E-state index contributed by atoms with van der Waals surface area (Å²) in [7, 11) is 3.74. The number of aromatic nitrogens is 2. The molecule has 1 aliphatic rings. The highest BCUT2D eigenvalue weighted by molar-refractivity contribution is 5.89. The molecule has 0 unspecified atom stereocenters. The number of nitrogens with zero attached hydrogens (tertiary/aromatic N) is 3. The van der Waals surface area contributed by atoms with Crippen LogP contribution in [0.3, 0.4) is 0 Å². The number of hydrogen-bond acceptors (Lipinski definition) is 7. The molecule has 0 fully saturated rings. The number of rotatable bonds is 11. The van der Waals surface area contributed by atoms with E-state index in [1.165, 1.54) is 16.7 Å². The van der Waals surface area contributed by atoms with E-state index in [1.807, 2.05) is 32.8 Å². The molecule has 0 spiro atoms. The number of amides is 1. The van der Waals surface area contributed by atoms with E-state index in [2.05, 4.69) is 5.32 Å². The molecule has 0 bridgehead atoms. The van der Waals surface area contributed by atoms with Gasteiger partial charge in [0.2, 0.25) is 0 Å². The van der Waals surface area contributed by atoms with Crippen LogP contribution in [0.15, 0.2) is 29.1 Å². The van der Waals surface area contributed by atoms with Gasteiger partial charge in [-0.3, -0.25) is 14.4 Å². The molecule has 0 saturated heterocycles. The minimum Gasteiger partial charge on any atom is -0.461 e. The standard InChI is InChI=1S/C30H37FN4O5/c1-6-9-26(36)40-17-22-23(30(39,8-3)29(38)32-12-13-34(4)5)15-25-27-21(16-35(25)28(22)37)19(7-2)20-11-10-18(31)14-24(20)33-27/h10-11,14-15,39H,6-9,12-13,16-17H2,1-5H3,(H,32,38)/t30-/m0/s1. The molecule has 1 atom stereocenters. The van der Waals surface area contributed by atoms with Crippen molar-refractivity contribution in [2.45, 2.75) is 65.2 Å². The van der Waals surface area contributed by atoms with Crippen molar-refractivity contribution in [2.75, 3.05) is 27.2 Å². The average Bonchev–Trinajstić information content (AvgIpc) is 3.28. The van der Waals surface area contributed by atoms with Crippen LogP contribution < -0.4 is 10.9 Å². The maximum atomic E-state index is 14.1. The van der Waals surface area contributed by atoms with Crippen LogP contribution in [0.5, 0.6) is 0 Å². The maximum absolute atomic E-state index is 14.1. The predicted octanol–water partition coefficient (Wildman–Crippen LogP) is 3.25. The van der Waals surface area contributed by atoms with Gasteiger partial charge in [-0.15, -0.1) is 0 Å². The number of fused-ring (bicyclic) bond motifs is 4. The van der Waals surface area contributed by atoms with Crippen molar-refractivity contribution in [3.63, 3.8) is 0 Å². The Morgan fingerprint density at radius 3 is 2.60 bits per heavy atom. The second-order valence-corrected chi connectivity index (χ2v) is 10.4. The van der Waals surface area contributed by atoms with Crippen LogP contribution in [-0.4, -0.2) is 58.6 Å². The Hall–Kier alpha value is -3.63. The Morgan fingerprint density at radius 1 is 1.20 bits per heavy atom. The number of esters is 1. The lowest BCUT2D eigenvalue weighted by molar-refractivity contribution is -0.145. The summed E-state index contributed by atoms with van der Waals surface area (Å²) in [6, 6.07) is 6.04. The van der Waals surface area contributed by atoms with Gasteiger partial charge in [-0.2, -0.15) is 0 Å². The highest BCUT2D eigenvalue weighted by Crippen LogP contribution is 2.39. The van der Waals surface area contributed by atoms with E-state index in [0.717, 1.165) is 16.5 Å². The topological polar surface area (TPSA) is 114 Å². The first kappa shape index (κ1) is 29.4. The number of aliphatic hydroxyl groups is 1. The summed E-state index contributed by atoms with van der Waals surface area (Å²) in [6.45, 7) is 6.18. The van der Waals surface area contributed by atoms with Gasteiger partial charge >= 0.3 is 5.97 Å². The Bertz CT molecular complexity index is 1520. The molecule has 0 saturated carbocycles. The van der Waals surface area contributed by atoms with E-state index in [1.54, 1.807) is 19.1 Å². The minimum absolute atomic E-state index is 0.0248. The summed E-state index contributed by atoms with van der Waals surface area (Å²) < 4.78 is 21.1. The van der Waals surface area contributed by atoms with Gasteiger partial charge in [0.15, 0.2) is 5.60 Å². The zero-order valence-corrected chi connectivity index (χ0v) is 23.8. The van der Waals surface area contributed by atoms with Crippen molar-refractivity contribution in [1.82, 2.24) is 19.8 Å². The SMILES string of the molecule is CCCC(=O)OCc1c([C@@](O)(CC)C(=O)NCCN(C)C)cc2n(c1=O)Cc1c-2nc2cc(F)ccc2c1CC. The normalized spacial score (nSPS) is 13.7. The van der Waals surface area contributed by atoms with E-state index >= 15 is 0 Å². The number of ether oxygens (including phenoxy) is 1. The Balaban J connectivity index is 1.91. The van der Waals surface area contributed by atoms with Crippen LogP contribution >= 0.6 is 0 Å². The molecule has 40 heavy (non-hydrogen) atoms. The Labute approximate surface area is 233 Å². The number of carbonyl (C=O) groups is 2. The average molecular weight is 553 g/mol. The summed E-state index contributed by atoms with van der Waals surface area (Å²) in [5.74, 6) is -1.54. The number of hydrogen-bond donors (Lipinski definition) is 2. The molecule has 4 rings (SSSR count). The summed E-state index contributed by atoms with van der Waals surface area (Å²) >= 11 is 0. The van der Waals surface area contributed by atoms with Crippen molar-refractivity contribution in [2.24, 2.45) is 0 Å². The number of halogens is 1. The highest BCUT2D eigenvalue weighted by atomic mass is 19.1. The monoisotopic (exact) mass is 552 g/mol. The molecule has 1 aliphatic heterocycles. The lowest BCUT2D eigenvalue weighted by atomic mass is 9.86. The van der Waals surface area contributed by atoms with Gasteiger partial charge in [0.1, 0.15) is 12.4 Å². The van der Waals surface area contributed by atoms with Gasteiger partial charge in [0.25, 0.3) is 11.5 Å². The lowest BCUT2D eigenvalue weighted by Gasteiger charge is -2.29. The van der Waals surface area contributed by atoms with Gasteiger partial charge in [0, 0.05) is 42.1 Å². The van der Waals surface area contributed by atoms with Gasteiger partial charge in [-0.1, -0.05) is 20.8 Å². The van der Waals surface area contributed by atoms with Crippen LogP contribution in [-0.2, 0) is 39.5 Å². The predicted molar refractivity (Wildman–Crippen MR) is 150 cm³/mol. The van der Waals surface area contributed by atoms with Crippen LogP contribution in [0.4, 0.5) is 4.39 Å². The molecule has 3 aromatic rings. The minimum atomic E-state index is -2.06. The van der Waals surface area contributed by atoms with Crippen molar-refractivity contribution in [1.29, 1.82) is 0 Å². The van der Waals surface area contributed by atoms with E-state index in [-0.39, 0.29) is 37.1 Å². The molecule has 0 radical (unpaired) electrons. The fraction of sp³-hybridized carbons (Fsp3) is 0.467. The number of pyridine rings is 2. The highest BCUT2D eigenvalue weighted by Gasteiger charge is 2.41. The van der Waals surface area contributed by atoms with Crippen molar-refractivity contribution in [3.05, 3.63) is 62.7 Å². The first-order chi connectivity index (χ1) is 19.0. The molecular weight excluding hydrogens is 515 g/mol. The quantitative estimate of drug-likeness (QED) is 0.275. The fourth-order valence-electron chi connectivity index (χ4n) is 5.28. The molecule has 1 amide bonds. The first-order valence-electron chi connectivity index (χ1n) is 13.7. The van der Waals surface area contributed by atoms with Gasteiger partial charge in [0.05, 0.1) is 29.0 Å². The zero-order chi connectivity index (χ0) is 29.2. The number of benzene rings is 1. The second-order valence-electron chi connectivity index (χ2n) is 10.4. The van der Waals surface area contributed by atoms with E-state index in [4.69, 9.17) is 9.72 Å². The molecule has 214 valence electrons. The van der Waals surface area contributed by atoms with E-state index < -0.39 is 28.9 Å². The summed E-state index contributed by atoms with van der Waals surface area (Å²) in [5, 5.41) is 15.4.